The molecular formula is C20H23N5O4S. The van der Waals surface area contributed by atoms with Crippen LogP contribution in [0.1, 0.15) is 28.2 Å². The van der Waals surface area contributed by atoms with E-state index in [2.05, 4.69) is 15.7 Å². The van der Waals surface area contributed by atoms with Gasteiger partial charge in [0.2, 0.25) is 0 Å². The van der Waals surface area contributed by atoms with Crippen molar-refractivity contribution in [2.75, 3.05) is 24.7 Å². The normalized spacial score (nSPS) is 11.7. The van der Waals surface area contributed by atoms with Crippen LogP contribution in [0.4, 0.5) is 17.1 Å². The minimum absolute atomic E-state index is 0.0330. The molecule has 0 fully saturated rings. The van der Waals surface area contributed by atoms with E-state index in [0.717, 1.165) is 9.56 Å². The number of para-hydroxylation sites is 1. The number of rotatable bonds is 6. The Bertz CT molecular complexity index is 1180. The molecule has 4 N–H and O–H groups in total. The SMILES string of the molecule is C[C@@H](Nc1c(Nc2cccc(C(=O)N(C)C)c2O)c(=O)n(C)[nH]c1=O)c1cccs1. The van der Waals surface area contributed by atoms with E-state index in [9.17, 15) is 19.5 Å². The van der Waals surface area contributed by atoms with Crippen molar-refractivity contribution in [1.82, 2.24) is 14.7 Å². The highest BCUT2D eigenvalue weighted by atomic mass is 32.1. The summed E-state index contributed by atoms with van der Waals surface area (Å²) in [5, 5.41) is 20.9. The van der Waals surface area contributed by atoms with Gasteiger partial charge in [-0.05, 0) is 30.5 Å². The summed E-state index contributed by atoms with van der Waals surface area (Å²) in [5.74, 6) is -0.699. The molecule has 0 radical (unpaired) electrons. The van der Waals surface area contributed by atoms with Crippen LogP contribution in [0, 0.1) is 0 Å². The molecule has 0 bridgehead atoms. The Morgan fingerprint density at radius 2 is 1.93 bits per heavy atom. The fraction of sp³-hybridized carbons (Fsp3) is 0.250. The first-order valence-electron chi connectivity index (χ1n) is 9.14. The number of aromatic hydroxyl groups is 1. The Hall–Kier alpha value is -3.53. The van der Waals surface area contributed by atoms with Gasteiger partial charge in [-0.1, -0.05) is 12.1 Å². The van der Waals surface area contributed by atoms with E-state index in [4.69, 9.17) is 0 Å². The lowest BCUT2D eigenvalue weighted by Gasteiger charge is -2.19. The third-order valence-corrected chi connectivity index (χ3v) is 5.58. The summed E-state index contributed by atoms with van der Waals surface area (Å²) in [4.78, 5) is 40.0. The molecule has 10 heteroatoms. The summed E-state index contributed by atoms with van der Waals surface area (Å²) in [5.41, 5.74) is -0.773. The van der Waals surface area contributed by atoms with Crippen LogP contribution >= 0.6 is 11.3 Å². The molecule has 0 unspecified atom stereocenters. The van der Waals surface area contributed by atoms with Crippen LogP contribution in [-0.4, -0.2) is 39.8 Å². The molecule has 0 saturated heterocycles. The molecule has 0 saturated carbocycles. The lowest BCUT2D eigenvalue weighted by Crippen LogP contribution is -2.32. The second kappa shape index (κ2) is 8.46. The predicted molar refractivity (Wildman–Crippen MR) is 118 cm³/mol. The first-order valence-corrected chi connectivity index (χ1v) is 10.0. The molecule has 0 aliphatic carbocycles. The monoisotopic (exact) mass is 429 g/mol. The van der Waals surface area contributed by atoms with E-state index in [1.165, 1.54) is 35.4 Å². The first-order chi connectivity index (χ1) is 14.2. The van der Waals surface area contributed by atoms with Crippen molar-refractivity contribution in [1.29, 1.82) is 0 Å². The number of H-pyrrole nitrogens is 1. The number of carbonyl (C=O) groups is 1. The number of benzene rings is 1. The molecule has 3 rings (SSSR count). The van der Waals surface area contributed by atoms with Crippen molar-refractivity contribution in [2.24, 2.45) is 7.05 Å². The second-order valence-electron chi connectivity index (χ2n) is 6.96. The van der Waals surface area contributed by atoms with Crippen molar-refractivity contribution in [3.63, 3.8) is 0 Å². The summed E-state index contributed by atoms with van der Waals surface area (Å²) in [6.07, 6.45) is 0. The van der Waals surface area contributed by atoms with Crippen LogP contribution in [0.25, 0.3) is 0 Å². The zero-order valence-corrected chi connectivity index (χ0v) is 17.8. The van der Waals surface area contributed by atoms with Gasteiger partial charge in [-0.25, -0.2) is 0 Å². The van der Waals surface area contributed by atoms with Gasteiger partial charge in [0.1, 0.15) is 11.4 Å². The standard InChI is InChI=1S/C20H23N5O4S/c1-11(14-9-6-10-30-14)21-15-16(20(29)25(4)23-18(15)27)22-13-8-5-7-12(17(13)26)19(28)24(2)3/h5-11,21-22,26H,1-4H3,(H,23,27)/t11-/m1/s1. The summed E-state index contributed by atoms with van der Waals surface area (Å²) < 4.78 is 1.05. The van der Waals surface area contributed by atoms with Gasteiger partial charge < -0.3 is 20.6 Å². The quantitative estimate of drug-likeness (QED) is 0.447. The molecule has 30 heavy (non-hydrogen) atoms. The minimum atomic E-state index is -0.501. The number of aromatic amines is 1. The number of phenols is 1. The highest BCUT2D eigenvalue weighted by molar-refractivity contribution is 7.10. The third-order valence-electron chi connectivity index (χ3n) is 4.53. The van der Waals surface area contributed by atoms with Gasteiger partial charge in [0, 0.05) is 26.0 Å². The Balaban J connectivity index is 2.06. The Morgan fingerprint density at radius 1 is 1.20 bits per heavy atom. The molecule has 158 valence electrons. The number of nitrogens with one attached hydrogen (secondary N) is 3. The van der Waals surface area contributed by atoms with Crippen molar-refractivity contribution in [3.05, 3.63) is 66.9 Å². The summed E-state index contributed by atoms with van der Waals surface area (Å²) in [6.45, 7) is 1.88. The zero-order chi connectivity index (χ0) is 22.0. The van der Waals surface area contributed by atoms with Gasteiger partial charge in [-0.2, -0.15) is 0 Å². The number of aryl methyl sites for hydroxylation is 1. The number of phenolic OH excluding ortho intramolecular Hbond substituents is 1. The van der Waals surface area contributed by atoms with Crippen LogP contribution in [0.3, 0.4) is 0 Å². The van der Waals surface area contributed by atoms with Crippen molar-refractivity contribution in [3.8, 4) is 5.75 Å². The largest absolute Gasteiger partial charge is 0.505 e. The van der Waals surface area contributed by atoms with E-state index in [1.54, 1.807) is 20.2 Å². The summed E-state index contributed by atoms with van der Waals surface area (Å²) in [6, 6.07) is 8.18. The van der Waals surface area contributed by atoms with E-state index in [-0.39, 0.29) is 40.3 Å². The Morgan fingerprint density at radius 3 is 2.57 bits per heavy atom. The molecule has 2 aromatic heterocycles. The second-order valence-corrected chi connectivity index (χ2v) is 7.94. The average Bonchev–Trinajstić information content (AvgIpc) is 3.24. The molecule has 3 aromatic rings. The van der Waals surface area contributed by atoms with Gasteiger partial charge in [-0.3, -0.25) is 24.2 Å². The molecular weight excluding hydrogens is 406 g/mol. The Labute approximate surface area is 176 Å². The van der Waals surface area contributed by atoms with Crippen LogP contribution < -0.4 is 21.8 Å². The van der Waals surface area contributed by atoms with Gasteiger partial charge in [0.05, 0.1) is 17.3 Å². The molecule has 2 heterocycles. The van der Waals surface area contributed by atoms with E-state index >= 15 is 0 Å². The lowest BCUT2D eigenvalue weighted by atomic mass is 10.1. The number of hydrogen-bond donors (Lipinski definition) is 4. The fourth-order valence-corrected chi connectivity index (χ4v) is 3.65. The smallest absolute Gasteiger partial charge is 0.290 e. The first kappa shape index (κ1) is 21.2. The number of carbonyl (C=O) groups excluding carboxylic acids is 1. The lowest BCUT2D eigenvalue weighted by molar-refractivity contribution is 0.0824. The number of hydrogen-bond acceptors (Lipinski definition) is 7. The molecule has 0 aliphatic heterocycles. The average molecular weight is 430 g/mol. The summed E-state index contributed by atoms with van der Waals surface area (Å²) in [7, 11) is 4.57. The van der Waals surface area contributed by atoms with Crippen LogP contribution in [0.15, 0.2) is 45.3 Å². The van der Waals surface area contributed by atoms with E-state index in [1.807, 2.05) is 24.4 Å². The molecule has 0 aliphatic rings. The predicted octanol–water partition coefficient (Wildman–Crippen LogP) is 2.46. The minimum Gasteiger partial charge on any atom is -0.505 e. The van der Waals surface area contributed by atoms with Crippen molar-refractivity contribution >= 4 is 34.3 Å². The van der Waals surface area contributed by atoms with E-state index < -0.39 is 11.1 Å². The highest BCUT2D eigenvalue weighted by Crippen LogP contribution is 2.32. The molecule has 1 amide bonds. The van der Waals surface area contributed by atoms with Gasteiger partial charge in [0.15, 0.2) is 5.75 Å². The molecule has 9 nitrogen and oxygen atoms in total. The third kappa shape index (κ3) is 4.08. The van der Waals surface area contributed by atoms with Gasteiger partial charge in [-0.15, -0.1) is 11.3 Å². The fourth-order valence-electron chi connectivity index (χ4n) is 2.92. The van der Waals surface area contributed by atoms with Crippen molar-refractivity contribution in [2.45, 2.75) is 13.0 Å². The maximum atomic E-state index is 12.8. The Kier molecular flexibility index (Phi) is 5.97. The molecule has 1 atom stereocenters. The van der Waals surface area contributed by atoms with Gasteiger partial charge >= 0.3 is 0 Å². The van der Waals surface area contributed by atoms with Crippen LogP contribution in [0.2, 0.25) is 0 Å². The number of anilines is 3. The molecule has 0 spiro atoms. The zero-order valence-electron chi connectivity index (χ0n) is 17.0. The van der Waals surface area contributed by atoms with E-state index in [0.29, 0.717) is 0 Å². The molecule has 1 aromatic carbocycles. The summed E-state index contributed by atoms with van der Waals surface area (Å²) >= 11 is 1.52. The highest BCUT2D eigenvalue weighted by Gasteiger charge is 2.21. The topological polar surface area (TPSA) is 119 Å². The van der Waals surface area contributed by atoms with Gasteiger partial charge in [0.25, 0.3) is 17.0 Å². The number of thiophene rings is 1. The number of aromatic nitrogens is 2. The van der Waals surface area contributed by atoms with Crippen molar-refractivity contribution < 1.29 is 9.90 Å². The number of nitrogens with zero attached hydrogens (tertiary/aromatic N) is 2. The van der Waals surface area contributed by atoms with Crippen LogP contribution in [0.5, 0.6) is 5.75 Å². The number of amides is 1. The van der Waals surface area contributed by atoms with Crippen LogP contribution in [-0.2, 0) is 7.05 Å². The maximum absolute atomic E-state index is 12.8. The maximum Gasteiger partial charge on any atom is 0.290 e.